The van der Waals surface area contributed by atoms with E-state index in [1.807, 2.05) is 31.2 Å². The standard InChI is InChI=1S/C21H17N3O3/c1-14-2-4-16(5-3-14)21-18-12-22-8-6-17(18)20(26)24(21)10-9-23(21)19(25)15-7-11-27-13-15/h2-8,11-13H,9-10H2,1H3/t21-/m1/s1. The molecule has 2 aliphatic rings. The van der Waals surface area contributed by atoms with E-state index in [1.54, 1.807) is 34.3 Å². The van der Waals surface area contributed by atoms with E-state index in [4.69, 9.17) is 4.42 Å². The minimum Gasteiger partial charge on any atom is -0.472 e. The first kappa shape index (κ1) is 15.8. The summed E-state index contributed by atoms with van der Waals surface area (Å²) in [7, 11) is 0. The first-order chi connectivity index (χ1) is 13.1. The first-order valence-corrected chi connectivity index (χ1v) is 8.82. The molecule has 0 aliphatic carbocycles. The van der Waals surface area contributed by atoms with Gasteiger partial charge in [-0.15, -0.1) is 0 Å². The lowest BCUT2D eigenvalue weighted by atomic mass is 9.90. The molecule has 6 heteroatoms. The highest BCUT2D eigenvalue weighted by Gasteiger charge is 2.59. The van der Waals surface area contributed by atoms with Gasteiger partial charge in [-0.1, -0.05) is 29.8 Å². The zero-order valence-electron chi connectivity index (χ0n) is 14.8. The molecule has 0 spiro atoms. The highest BCUT2D eigenvalue weighted by Crippen LogP contribution is 2.49. The smallest absolute Gasteiger partial charge is 0.259 e. The van der Waals surface area contributed by atoms with Crippen LogP contribution in [0.2, 0.25) is 0 Å². The summed E-state index contributed by atoms with van der Waals surface area (Å²) in [5.74, 6) is -0.244. The Balaban J connectivity index is 1.78. The molecule has 1 saturated heterocycles. The number of fused-ring (bicyclic) bond motifs is 3. The third-order valence-electron chi connectivity index (χ3n) is 5.47. The van der Waals surface area contributed by atoms with E-state index in [-0.39, 0.29) is 11.8 Å². The number of hydrogen-bond donors (Lipinski definition) is 0. The third kappa shape index (κ3) is 1.98. The average Bonchev–Trinajstić information content (AvgIpc) is 3.40. The Morgan fingerprint density at radius 3 is 2.70 bits per heavy atom. The van der Waals surface area contributed by atoms with Gasteiger partial charge >= 0.3 is 0 Å². The number of benzene rings is 1. The van der Waals surface area contributed by atoms with Crippen molar-refractivity contribution in [2.45, 2.75) is 12.6 Å². The summed E-state index contributed by atoms with van der Waals surface area (Å²) in [5, 5.41) is 0. The number of carbonyl (C=O) groups excluding carboxylic acids is 2. The van der Waals surface area contributed by atoms with Crippen molar-refractivity contribution in [1.82, 2.24) is 14.8 Å². The number of rotatable bonds is 2. The molecular formula is C21H17N3O3. The summed E-state index contributed by atoms with van der Waals surface area (Å²) < 4.78 is 5.11. The Bertz CT molecular complexity index is 1040. The summed E-state index contributed by atoms with van der Waals surface area (Å²) in [5.41, 5.74) is 2.81. The van der Waals surface area contributed by atoms with Gasteiger partial charge in [0.1, 0.15) is 6.26 Å². The highest BCUT2D eigenvalue weighted by molar-refractivity contribution is 6.03. The Hall–Kier alpha value is -3.41. The van der Waals surface area contributed by atoms with Gasteiger partial charge in [-0.25, -0.2) is 0 Å². The summed E-state index contributed by atoms with van der Waals surface area (Å²) in [6, 6.07) is 11.3. The van der Waals surface area contributed by atoms with Crippen molar-refractivity contribution >= 4 is 11.8 Å². The van der Waals surface area contributed by atoms with Crippen molar-refractivity contribution < 1.29 is 14.0 Å². The van der Waals surface area contributed by atoms with Crippen LogP contribution in [-0.2, 0) is 5.66 Å². The fraction of sp³-hybridized carbons (Fsp3) is 0.190. The van der Waals surface area contributed by atoms with Gasteiger partial charge in [-0.2, -0.15) is 0 Å². The Morgan fingerprint density at radius 2 is 1.96 bits per heavy atom. The fourth-order valence-electron chi connectivity index (χ4n) is 4.26. The van der Waals surface area contributed by atoms with Crippen LogP contribution in [-0.4, -0.2) is 39.7 Å². The third-order valence-corrected chi connectivity index (χ3v) is 5.47. The largest absolute Gasteiger partial charge is 0.472 e. The number of aryl methyl sites for hydroxylation is 1. The van der Waals surface area contributed by atoms with Crippen molar-refractivity contribution in [1.29, 1.82) is 0 Å². The molecule has 3 aromatic rings. The summed E-state index contributed by atoms with van der Waals surface area (Å²) in [6.45, 7) is 2.92. The molecule has 2 aliphatic heterocycles. The second-order valence-corrected chi connectivity index (χ2v) is 6.89. The molecular weight excluding hydrogens is 342 g/mol. The van der Waals surface area contributed by atoms with Crippen LogP contribution in [0.3, 0.4) is 0 Å². The molecule has 0 N–H and O–H groups in total. The average molecular weight is 359 g/mol. The van der Waals surface area contributed by atoms with Gasteiger partial charge in [0.2, 0.25) is 0 Å². The molecule has 4 heterocycles. The van der Waals surface area contributed by atoms with Crippen molar-refractivity contribution in [3.63, 3.8) is 0 Å². The zero-order valence-corrected chi connectivity index (χ0v) is 14.8. The van der Waals surface area contributed by atoms with E-state index < -0.39 is 5.66 Å². The molecule has 0 unspecified atom stereocenters. The lowest BCUT2D eigenvalue weighted by Gasteiger charge is -2.40. The number of pyridine rings is 1. The van der Waals surface area contributed by atoms with Crippen LogP contribution in [0.4, 0.5) is 0 Å². The molecule has 5 rings (SSSR count). The van der Waals surface area contributed by atoms with E-state index in [9.17, 15) is 9.59 Å². The van der Waals surface area contributed by atoms with Gasteiger partial charge < -0.3 is 14.2 Å². The normalized spacial score (nSPS) is 20.7. The van der Waals surface area contributed by atoms with E-state index in [1.165, 1.54) is 12.5 Å². The van der Waals surface area contributed by atoms with Gasteiger partial charge in [0.25, 0.3) is 11.8 Å². The lowest BCUT2D eigenvalue weighted by molar-refractivity contribution is 0.0374. The van der Waals surface area contributed by atoms with Gasteiger partial charge in [0.05, 0.1) is 17.4 Å². The number of aromatic nitrogens is 1. The van der Waals surface area contributed by atoms with Crippen LogP contribution in [0, 0.1) is 6.92 Å². The van der Waals surface area contributed by atoms with Crippen LogP contribution in [0.15, 0.2) is 65.7 Å². The number of nitrogens with zero attached hydrogens (tertiary/aromatic N) is 3. The van der Waals surface area contributed by atoms with Crippen LogP contribution in [0.25, 0.3) is 0 Å². The van der Waals surface area contributed by atoms with Crippen LogP contribution >= 0.6 is 0 Å². The summed E-state index contributed by atoms with van der Waals surface area (Å²) in [6.07, 6.45) is 6.24. The van der Waals surface area contributed by atoms with E-state index >= 15 is 0 Å². The van der Waals surface area contributed by atoms with Crippen LogP contribution < -0.4 is 0 Å². The van der Waals surface area contributed by atoms with Crippen molar-refractivity contribution in [3.05, 3.63) is 89.1 Å². The molecule has 27 heavy (non-hydrogen) atoms. The lowest BCUT2D eigenvalue weighted by Crippen LogP contribution is -2.51. The maximum Gasteiger partial charge on any atom is 0.259 e. The maximum atomic E-state index is 13.3. The molecule has 1 fully saturated rings. The summed E-state index contributed by atoms with van der Waals surface area (Å²) in [4.78, 5) is 34.2. The van der Waals surface area contributed by atoms with E-state index in [0.29, 0.717) is 24.2 Å². The minimum atomic E-state index is -0.983. The van der Waals surface area contributed by atoms with Gasteiger partial charge in [-0.3, -0.25) is 14.6 Å². The van der Waals surface area contributed by atoms with E-state index in [2.05, 4.69) is 4.98 Å². The second-order valence-electron chi connectivity index (χ2n) is 6.89. The first-order valence-electron chi connectivity index (χ1n) is 8.82. The Kier molecular flexibility index (Phi) is 3.25. The molecule has 0 bridgehead atoms. The van der Waals surface area contributed by atoms with E-state index in [0.717, 1.165) is 16.7 Å². The SMILES string of the molecule is Cc1ccc([C@]23c4cnccc4C(=O)N2CCN3C(=O)c2ccoc2)cc1. The van der Waals surface area contributed by atoms with Crippen LogP contribution in [0.1, 0.15) is 37.4 Å². The summed E-state index contributed by atoms with van der Waals surface area (Å²) >= 11 is 0. The monoisotopic (exact) mass is 359 g/mol. The van der Waals surface area contributed by atoms with Gasteiger partial charge in [0, 0.05) is 36.6 Å². The second kappa shape index (κ2) is 5.54. The van der Waals surface area contributed by atoms with Crippen molar-refractivity contribution in [3.8, 4) is 0 Å². The molecule has 1 aromatic carbocycles. The molecule has 0 saturated carbocycles. The van der Waals surface area contributed by atoms with Gasteiger partial charge in [0.15, 0.2) is 5.66 Å². The molecule has 1 atom stereocenters. The zero-order chi connectivity index (χ0) is 18.6. The fourth-order valence-corrected chi connectivity index (χ4v) is 4.26. The highest BCUT2D eigenvalue weighted by atomic mass is 16.3. The predicted octanol–water partition coefficient (Wildman–Crippen LogP) is 2.80. The van der Waals surface area contributed by atoms with Crippen molar-refractivity contribution in [2.24, 2.45) is 0 Å². The Labute approximate surface area is 156 Å². The topological polar surface area (TPSA) is 66.7 Å². The minimum absolute atomic E-state index is 0.0736. The maximum absolute atomic E-state index is 13.3. The molecule has 0 radical (unpaired) electrons. The van der Waals surface area contributed by atoms with Crippen LogP contribution in [0.5, 0.6) is 0 Å². The quantitative estimate of drug-likeness (QED) is 0.706. The number of furan rings is 1. The Morgan fingerprint density at radius 1 is 1.15 bits per heavy atom. The predicted molar refractivity (Wildman–Crippen MR) is 97.0 cm³/mol. The number of carbonyl (C=O) groups is 2. The van der Waals surface area contributed by atoms with Crippen molar-refractivity contribution in [2.75, 3.05) is 13.1 Å². The number of hydrogen-bond acceptors (Lipinski definition) is 4. The van der Waals surface area contributed by atoms with Gasteiger partial charge in [-0.05, 0) is 19.1 Å². The molecule has 6 nitrogen and oxygen atoms in total. The molecule has 2 amide bonds. The molecule has 134 valence electrons. The number of amides is 2. The molecule has 2 aromatic heterocycles.